The number of carbonyl (C=O) groups excluding carboxylic acids is 1. The second-order valence-electron chi connectivity index (χ2n) is 6.80. The minimum atomic E-state index is 0.0550. The second-order valence-corrected chi connectivity index (χ2v) is 7.83. The Labute approximate surface area is 165 Å². The van der Waals surface area contributed by atoms with Crippen molar-refractivity contribution in [3.8, 4) is 5.75 Å². The van der Waals surface area contributed by atoms with E-state index in [0.29, 0.717) is 13.1 Å². The summed E-state index contributed by atoms with van der Waals surface area (Å²) in [7, 11) is 1.67. The van der Waals surface area contributed by atoms with Crippen molar-refractivity contribution in [2.75, 3.05) is 33.4 Å². The van der Waals surface area contributed by atoms with Gasteiger partial charge in [-0.25, -0.2) is 0 Å². The lowest BCUT2D eigenvalue weighted by Gasteiger charge is -2.24. The molecule has 0 spiro atoms. The molecule has 1 amide bonds. The molecule has 0 bridgehead atoms. The smallest absolute Gasteiger partial charge is 0.234 e. The van der Waals surface area contributed by atoms with Crippen molar-refractivity contribution >= 4 is 17.2 Å². The van der Waals surface area contributed by atoms with Gasteiger partial charge >= 0.3 is 0 Å². The summed E-state index contributed by atoms with van der Waals surface area (Å²) in [6.07, 6.45) is 3.19. The van der Waals surface area contributed by atoms with Crippen LogP contribution in [-0.4, -0.2) is 50.3 Å². The molecule has 1 N–H and O–H groups in total. The molecule has 1 aliphatic rings. The number of benzene rings is 1. The molecule has 1 aromatic heterocycles. The van der Waals surface area contributed by atoms with Crippen LogP contribution in [0, 0.1) is 0 Å². The van der Waals surface area contributed by atoms with Gasteiger partial charge in [0.15, 0.2) is 0 Å². The van der Waals surface area contributed by atoms with Gasteiger partial charge in [-0.1, -0.05) is 24.3 Å². The zero-order valence-electron chi connectivity index (χ0n) is 15.9. The van der Waals surface area contributed by atoms with Gasteiger partial charge in [0, 0.05) is 31.1 Å². The Morgan fingerprint density at radius 1 is 1.33 bits per heavy atom. The first-order valence-electron chi connectivity index (χ1n) is 9.49. The second kappa shape index (κ2) is 10.4. The van der Waals surface area contributed by atoms with Crippen molar-refractivity contribution in [1.82, 2.24) is 10.2 Å². The van der Waals surface area contributed by atoms with Crippen molar-refractivity contribution in [3.05, 3.63) is 52.2 Å². The van der Waals surface area contributed by atoms with Gasteiger partial charge in [0.2, 0.25) is 5.91 Å². The van der Waals surface area contributed by atoms with Gasteiger partial charge in [0.05, 0.1) is 19.8 Å². The fraction of sp³-hybridized carbons (Fsp3) is 0.476. The van der Waals surface area contributed by atoms with E-state index >= 15 is 0 Å². The number of nitrogens with zero attached hydrogens (tertiary/aromatic N) is 1. The topological polar surface area (TPSA) is 50.8 Å². The number of hydrogen-bond acceptors (Lipinski definition) is 5. The lowest BCUT2D eigenvalue weighted by Crippen LogP contribution is -2.40. The first-order chi connectivity index (χ1) is 13.2. The Morgan fingerprint density at radius 3 is 2.96 bits per heavy atom. The fourth-order valence-corrected chi connectivity index (χ4v) is 4.14. The van der Waals surface area contributed by atoms with Crippen molar-refractivity contribution in [1.29, 1.82) is 0 Å². The molecule has 1 atom stereocenters. The number of amides is 1. The van der Waals surface area contributed by atoms with E-state index in [2.05, 4.69) is 27.7 Å². The van der Waals surface area contributed by atoms with Gasteiger partial charge in [0.25, 0.3) is 0 Å². The molecule has 146 valence electrons. The van der Waals surface area contributed by atoms with E-state index in [4.69, 9.17) is 9.47 Å². The normalized spacial score (nSPS) is 16.6. The van der Waals surface area contributed by atoms with E-state index in [1.54, 1.807) is 18.4 Å². The largest absolute Gasteiger partial charge is 0.496 e. The van der Waals surface area contributed by atoms with Crippen LogP contribution in [0.2, 0.25) is 0 Å². The van der Waals surface area contributed by atoms with E-state index in [1.165, 1.54) is 4.88 Å². The first kappa shape index (κ1) is 19.9. The summed E-state index contributed by atoms with van der Waals surface area (Å²) in [5, 5.41) is 5.12. The van der Waals surface area contributed by atoms with Crippen LogP contribution >= 0.6 is 11.3 Å². The quantitative estimate of drug-likeness (QED) is 0.680. The number of methoxy groups -OCH3 is 1. The number of ether oxygens (including phenoxy) is 2. The molecule has 0 saturated carbocycles. The molecule has 2 aromatic rings. The number of thiophene rings is 1. The van der Waals surface area contributed by atoms with Gasteiger partial charge in [0.1, 0.15) is 5.75 Å². The molecule has 1 saturated heterocycles. The Bertz CT molecular complexity index is 699. The third kappa shape index (κ3) is 6.34. The van der Waals surface area contributed by atoms with Crippen LogP contribution in [0.5, 0.6) is 5.75 Å². The minimum absolute atomic E-state index is 0.0550. The maximum Gasteiger partial charge on any atom is 0.234 e. The molecule has 2 heterocycles. The van der Waals surface area contributed by atoms with Crippen LogP contribution in [-0.2, 0) is 22.5 Å². The van der Waals surface area contributed by atoms with E-state index in [0.717, 1.165) is 50.3 Å². The van der Waals surface area contributed by atoms with Crippen LogP contribution in [0.1, 0.15) is 23.3 Å². The van der Waals surface area contributed by atoms with Crippen molar-refractivity contribution < 1.29 is 14.3 Å². The molecule has 6 heteroatoms. The van der Waals surface area contributed by atoms with Gasteiger partial charge in [-0.3, -0.25) is 9.69 Å². The summed E-state index contributed by atoms with van der Waals surface area (Å²) in [6.45, 7) is 3.42. The maximum absolute atomic E-state index is 12.5. The molecule has 1 aliphatic heterocycles. The predicted molar refractivity (Wildman–Crippen MR) is 108 cm³/mol. The van der Waals surface area contributed by atoms with Crippen molar-refractivity contribution in [3.63, 3.8) is 0 Å². The van der Waals surface area contributed by atoms with E-state index in [9.17, 15) is 4.79 Å². The van der Waals surface area contributed by atoms with Gasteiger partial charge in [-0.2, -0.15) is 0 Å². The van der Waals surface area contributed by atoms with E-state index in [1.807, 2.05) is 24.3 Å². The third-order valence-corrected chi connectivity index (χ3v) is 5.58. The number of hydrogen-bond donors (Lipinski definition) is 1. The Morgan fingerprint density at radius 2 is 2.22 bits per heavy atom. The standard InChI is InChI=1S/C21H28N2O3S/c1-25-20-9-3-2-6-17(20)10-11-22-21(24)16-23(14-18-7-4-12-26-18)15-19-8-5-13-27-19/h2-3,5-6,8-9,13,18H,4,7,10-12,14-16H2,1H3,(H,22,24). The average Bonchev–Trinajstić information content (AvgIpc) is 3.36. The third-order valence-electron chi connectivity index (χ3n) is 4.72. The average molecular weight is 389 g/mol. The fourth-order valence-electron chi connectivity index (χ4n) is 3.39. The van der Waals surface area contributed by atoms with Gasteiger partial charge in [-0.05, 0) is 42.3 Å². The highest BCUT2D eigenvalue weighted by Gasteiger charge is 2.21. The molecule has 0 radical (unpaired) electrons. The van der Waals surface area contributed by atoms with Crippen LogP contribution < -0.4 is 10.1 Å². The molecule has 0 aliphatic carbocycles. The van der Waals surface area contributed by atoms with Gasteiger partial charge < -0.3 is 14.8 Å². The van der Waals surface area contributed by atoms with Crippen LogP contribution in [0.25, 0.3) is 0 Å². The lowest BCUT2D eigenvalue weighted by atomic mass is 10.1. The van der Waals surface area contributed by atoms with Crippen LogP contribution in [0.4, 0.5) is 0 Å². The SMILES string of the molecule is COc1ccccc1CCNC(=O)CN(Cc1cccs1)CC1CCCO1. The van der Waals surface area contributed by atoms with E-state index in [-0.39, 0.29) is 12.0 Å². The highest BCUT2D eigenvalue weighted by Crippen LogP contribution is 2.18. The maximum atomic E-state index is 12.5. The Balaban J connectivity index is 1.48. The number of carbonyl (C=O) groups is 1. The summed E-state index contributed by atoms with van der Waals surface area (Å²) in [6, 6.07) is 12.1. The van der Waals surface area contributed by atoms with E-state index < -0.39 is 0 Å². The lowest BCUT2D eigenvalue weighted by molar-refractivity contribution is -0.122. The Kier molecular flexibility index (Phi) is 7.68. The highest BCUT2D eigenvalue weighted by molar-refractivity contribution is 7.09. The molecule has 1 aromatic carbocycles. The summed E-state index contributed by atoms with van der Waals surface area (Å²) >= 11 is 1.73. The number of para-hydroxylation sites is 1. The number of rotatable bonds is 10. The molecular weight excluding hydrogens is 360 g/mol. The summed E-state index contributed by atoms with van der Waals surface area (Å²) in [5.41, 5.74) is 1.11. The van der Waals surface area contributed by atoms with Crippen LogP contribution in [0.3, 0.4) is 0 Å². The van der Waals surface area contributed by atoms with Crippen LogP contribution in [0.15, 0.2) is 41.8 Å². The zero-order valence-corrected chi connectivity index (χ0v) is 16.7. The number of nitrogens with one attached hydrogen (secondary N) is 1. The minimum Gasteiger partial charge on any atom is -0.496 e. The zero-order chi connectivity index (χ0) is 18.9. The summed E-state index contributed by atoms with van der Waals surface area (Å²) in [5.74, 6) is 0.920. The molecule has 1 fully saturated rings. The Hall–Kier alpha value is -1.89. The highest BCUT2D eigenvalue weighted by atomic mass is 32.1. The van der Waals surface area contributed by atoms with Gasteiger partial charge in [-0.15, -0.1) is 11.3 Å². The molecule has 3 rings (SSSR count). The molecule has 5 nitrogen and oxygen atoms in total. The summed E-state index contributed by atoms with van der Waals surface area (Å²) in [4.78, 5) is 15.9. The molecular formula is C21H28N2O3S. The predicted octanol–water partition coefficient (Wildman–Crippen LogP) is 3.10. The van der Waals surface area contributed by atoms with Crippen molar-refractivity contribution in [2.24, 2.45) is 0 Å². The molecule has 27 heavy (non-hydrogen) atoms. The van der Waals surface area contributed by atoms with Crippen molar-refractivity contribution in [2.45, 2.75) is 31.9 Å². The molecule has 1 unspecified atom stereocenters. The monoisotopic (exact) mass is 388 g/mol. The summed E-state index contributed by atoms with van der Waals surface area (Å²) < 4.78 is 11.1. The first-order valence-corrected chi connectivity index (χ1v) is 10.4.